The minimum Gasteiger partial charge on any atom is -0.481 e. The molecule has 6 nitrogen and oxygen atoms in total. The van der Waals surface area contributed by atoms with Gasteiger partial charge in [-0.2, -0.15) is 0 Å². The molecule has 0 saturated carbocycles. The van der Waals surface area contributed by atoms with E-state index in [0.29, 0.717) is 6.54 Å². The highest BCUT2D eigenvalue weighted by Gasteiger charge is 2.12. The fourth-order valence-corrected chi connectivity index (χ4v) is 1.66. The van der Waals surface area contributed by atoms with E-state index in [1.807, 2.05) is 0 Å². The number of carbonyl (C=O) groups excluding carboxylic acids is 2. The van der Waals surface area contributed by atoms with E-state index in [2.05, 4.69) is 10.6 Å². The van der Waals surface area contributed by atoms with Gasteiger partial charge in [0.05, 0.1) is 12.2 Å². The monoisotopic (exact) mass is 248 g/mol. The van der Waals surface area contributed by atoms with E-state index in [4.69, 9.17) is 5.11 Å². The van der Waals surface area contributed by atoms with Crippen molar-refractivity contribution in [1.82, 2.24) is 10.6 Å². The molecule has 0 aromatic heterocycles. The van der Waals surface area contributed by atoms with Crippen molar-refractivity contribution in [3.63, 3.8) is 0 Å². The predicted octanol–water partition coefficient (Wildman–Crippen LogP) is 0.428. The zero-order valence-corrected chi connectivity index (χ0v) is 10.1. The van der Waals surface area contributed by atoms with Gasteiger partial charge in [-0.3, -0.25) is 14.9 Å². The van der Waals surface area contributed by atoms with E-state index < -0.39 is 17.9 Å². The van der Waals surface area contributed by atoms with Gasteiger partial charge in [-0.1, -0.05) is 6.92 Å². The number of urea groups is 1. The van der Waals surface area contributed by atoms with Gasteiger partial charge in [-0.05, 0) is 6.92 Å². The molecule has 0 bridgehead atoms. The van der Waals surface area contributed by atoms with Crippen molar-refractivity contribution in [2.24, 2.45) is 0 Å². The highest BCUT2D eigenvalue weighted by Crippen LogP contribution is 2.13. The number of rotatable bonds is 6. The van der Waals surface area contributed by atoms with Crippen LogP contribution in [0.15, 0.2) is 0 Å². The molecule has 0 aliphatic rings. The van der Waals surface area contributed by atoms with Crippen LogP contribution in [0.1, 0.15) is 20.3 Å². The summed E-state index contributed by atoms with van der Waals surface area (Å²) in [5, 5.41) is 12.9. The zero-order chi connectivity index (χ0) is 12.6. The number of carboxylic acid groups (broad SMARTS) is 1. The number of hydrogen-bond acceptors (Lipinski definition) is 4. The lowest BCUT2D eigenvalue weighted by Gasteiger charge is -2.08. The summed E-state index contributed by atoms with van der Waals surface area (Å²) in [6.45, 7) is 3.91. The molecule has 0 radical (unpaired) electrons. The summed E-state index contributed by atoms with van der Waals surface area (Å²) in [7, 11) is 0. The molecule has 0 aliphatic carbocycles. The van der Waals surface area contributed by atoms with Crippen molar-refractivity contribution < 1.29 is 19.5 Å². The molecule has 0 heterocycles. The second-order valence-corrected chi connectivity index (χ2v) is 4.55. The Morgan fingerprint density at radius 1 is 1.38 bits per heavy atom. The fourth-order valence-electron chi connectivity index (χ4n) is 0.890. The van der Waals surface area contributed by atoms with Crippen molar-refractivity contribution in [3.05, 3.63) is 0 Å². The number of carbonyl (C=O) groups is 3. The number of hydrogen-bond donors (Lipinski definition) is 3. The highest BCUT2D eigenvalue weighted by molar-refractivity contribution is 8.00. The van der Waals surface area contributed by atoms with E-state index in [-0.39, 0.29) is 17.4 Å². The first-order valence-corrected chi connectivity index (χ1v) is 5.91. The van der Waals surface area contributed by atoms with E-state index >= 15 is 0 Å². The number of thioether (sulfide) groups is 1. The van der Waals surface area contributed by atoms with Gasteiger partial charge >= 0.3 is 12.0 Å². The summed E-state index contributed by atoms with van der Waals surface area (Å²) < 4.78 is 0. The average Bonchev–Trinajstić information content (AvgIpc) is 2.14. The van der Waals surface area contributed by atoms with Gasteiger partial charge in [-0.15, -0.1) is 11.8 Å². The van der Waals surface area contributed by atoms with Crippen molar-refractivity contribution in [3.8, 4) is 0 Å². The smallest absolute Gasteiger partial charge is 0.321 e. The van der Waals surface area contributed by atoms with Gasteiger partial charge in [0.1, 0.15) is 0 Å². The van der Waals surface area contributed by atoms with Gasteiger partial charge < -0.3 is 10.4 Å². The van der Waals surface area contributed by atoms with Crippen LogP contribution < -0.4 is 10.6 Å². The summed E-state index contributed by atoms with van der Waals surface area (Å²) in [6, 6.07) is -0.529. The number of carboxylic acids is 1. The number of nitrogens with one attached hydrogen (secondary N) is 2. The Morgan fingerprint density at radius 3 is 2.50 bits per heavy atom. The lowest BCUT2D eigenvalue weighted by Crippen LogP contribution is -2.40. The Bertz CT molecular complexity index is 270. The maximum absolute atomic E-state index is 11.2. The Labute approximate surface area is 98.2 Å². The van der Waals surface area contributed by atoms with Crippen LogP contribution >= 0.6 is 11.8 Å². The molecular formula is C9H16N2O4S. The third kappa shape index (κ3) is 8.10. The van der Waals surface area contributed by atoms with Gasteiger partial charge in [0.15, 0.2) is 0 Å². The third-order valence-corrected chi connectivity index (χ3v) is 2.72. The first-order valence-electron chi connectivity index (χ1n) is 4.86. The van der Waals surface area contributed by atoms with Crippen LogP contribution in [0.4, 0.5) is 4.79 Å². The minimum absolute atomic E-state index is 0.000890. The standard InChI is InChI=1S/C9H16N2O4S/c1-3-10-9(15)11-7(12)5-16-6(2)4-8(13)14/h6H,3-5H2,1-2H3,(H,13,14)(H2,10,11,12,15). The average molecular weight is 248 g/mol. The Kier molecular flexibility index (Phi) is 7.36. The van der Waals surface area contributed by atoms with Crippen LogP contribution in [-0.4, -0.2) is 40.6 Å². The van der Waals surface area contributed by atoms with Crippen molar-refractivity contribution in [2.45, 2.75) is 25.5 Å². The minimum atomic E-state index is -0.899. The maximum Gasteiger partial charge on any atom is 0.321 e. The lowest BCUT2D eigenvalue weighted by atomic mass is 10.3. The van der Waals surface area contributed by atoms with Crippen LogP contribution in [0.5, 0.6) is 0 Å². The summed E-state index contributed by atoms with van der Waals surface area (Å²) in [4.78, 5) is 32.4. The first-order chi connectivity index (χ1) is 7.45. The Morgan fingerprint density at radius 2 is 2.00 bits per heavy atom. The first kappa shape index (κ1) is 14.8. The summed E-state index contributed by atoms with van der Waals surface area (Å²) >= 11 is 1.20. The van der Waals surface area contributed by atoms with Crippen LogP contribution in [0.3, 0.4) is 0 Å². The van der Waals surface area contributed by atoms with Crippen LogP contribution in [0.25, 0.3) is 0 Å². The topological polar surface area (TPSA) is 95.5 Å². The summed E-state index contributed by atoms with van der Waals surface area (Å²) in [5.41, 5.74) is 0. The van der Waals surface area contributed by atoms with E-state index in [0.717, 1.165) is 0 Å². The normalized spacial score (nSPS) is 11.6. The molecule has 1 atom stereocenters. The molecule has 0 aromatic carbocycles. The number of amides is 3. The van der Waals surface area contributed by atoms with Gasteiger partial charge in [0, 0.05) is 11.8 Å². The molecule has 0 fully saturated rings. The fraction of sp³-hybridized carbons (Fsp3) is 0.667. The van der Waals surface area contributed by atoms with E-state index in [1.165, 1.54) is 11.8 Å². The molecule has 3 N–H and O–H groups in total. The second-order valence-electron chi connectivity index (χ2n) is 3.13. The van der Waals surface area contributed by atoms with Gasteiger partial charge in [-0.25, -0.2) is 4.79 Å². The van der Waals surface area contributed by atoms with Gasteiger partial charge in [0.25, 0.3) is 0 Å². The van der Waals surface area contributed by atoms with Crippen molar-refractivity contribution in [1.29, 1.82) is 0 Å². The summed E-state index contributed by atoms with van der Waals surface area (Å²) in [5.74, 6) is -1.25. The molecular weight excluding hydrogens is 232 g/mol. The van der Waals surface area contributed by atoms with Crippen LogP contribution in [0, 0.1) is 0 Å². The molecule has 0 spiro atoms. The van der Waals surface area contributed by atoms with Crippen LogP contribution in [-0.2, 0) is 9.59 Å². The van der Waals surface area contributed by atoms with Crippen molar-refractivity contribution >= 4 is 29.7 Å². The van der Waals surface area contributed by atoms with E-state index in [1.54, 1.807) is 13.8 Å². The molecule has 92 valence electrons. The largest absolute Gasteiger partial charge is 0.481 e. The zero-order valence-electron chi connectivity index (χ0n) is 9.28. The number of imide groups is 1. The predicted molar refractivity (Wildman–Crippen MR) is 61.4 cm³/mol. The molecule has 7 heteroatoms. The lowest BCUT2D eigenvalue weighted by molar-refractivity contribution is -0.136. The molecule has 0 rings (SSSR count). The molecule has 3 amide bonds. The number of aliphatic carboxylic acids is 1. The Hall–Kier alpha value is -1.24. The Balaban J connectivity index is 3.72. The maximum atomic E-state index is 11.2. The van der Waals surface area contributed by atoms with Gasteiger partial charge in [0.2, 0.25) is 5.91 Å². The molecule has 0 aliphatic heterocycles. The second kappa shape index (κ2) is 7.98. The SMILES string of the molecule is CCNC(=O)NC(=O)CSC(C)CC(=O)O. The quantitative estimate of drug-likeness (QED) is 0.633. The molecule has 0 saturated heterocycles. The molecule has 0 aromatic rings. The third-order valence-electron chi connectivity index (χ3n) is 1.55. The molecule has 16 heavy (non-hydrogen) atoms. The molecule has 1 unspecified atom stereocenters. The summed E-state index contributed by atoms with van der Waals surface area (Å²) in [6.07, 6.45) is -0.000890. The van der Waals surface area contributed by atoms with Crippen LogP contribution in [0.2, 0.25) is 0 Å². The van der Waals surface area contributed by atoms with Crippen molar-refractivity contribution in [2.75, 3.05) is 12.3 Å². The highest BCUT2D eigenvalue weighted by atomic mass is 32.2. The van der Waals surface area contributed by atoms with E-state index in [9.17, 15) is 14.4 Å².